The third-order valence-electron chi connectivity index (χ3n) is 6.81. The molecular formula is C32H46ClN3O4. The summed E-state index contributed by atoms with van der Waals surface area (Å²) in [6.45, 7) is 20.6. The summed E-state index contributed by atoms with van der Waals surface area (Å²) in [5, 5.41) is 6.22. The summed E-state index contributed by atoms with van der Waals surface area (Å²) >= 11 is 6.47. The van der Waals surface area contributed by atoms with Crippen molar-refractivity contribution in [3.8, 4) is 0 Å². The molecule has 3 unspecified atom stereocenters. The molecular weight excluding hydrogens is 526 g/mol. The number of nitrogens with zero attached hydrogens (tertiary/aromatic N) is 1. The zero-order valence-electron chi connectivity index (χ0n) is 25.9. The fourth-order valence-corrected chi connectivity index (χ4v) is 4.89. The van der Waals surface area contributed by atoms with Gasteiger partial charge in [-0.25, -0.2) is 4.79 Å². The van der Waals surface area contributed by atoms with Crippen molar-refractivity contribution in [2.24, 2.45) is 5.92 Å². The number of ether oxygens (including phenoxy) is 1. The summed E-state index contributed by atoms with van der Waals surface area (Å²) in [6, 6.07) is 9.29. The lowest BCUT2D eigenvalue weighted by Gasteiger charge is -2.44. The van der Waals surface area contributed by atoms with Crippen LogP contribution in [0.2, 0.25) is 5.02 Å². The molecule has 2 N–H and O–H groups in total. The van der Waals surface area contributed by atoms with Gasteiger partial charge in [-0.15, -0.1) is 0 Å². The Morgan fingerprint density at radius 2 is 1.60 bits per heavy atom. The fourth-order valence-electron chi connectivity index (χ4n) is 4.62. The third-order valence-corrected chi connectivity index (χ3v) is 7.12. The Morgan fingerprint density at radius 1 is 0.975 bits per heavy atom. The van der Waals surface area contributed by atoms with E-state index in [4.69, 9.17) is 16.3 Å². The Morgan fingerprint density at radius 3 is 2.10 bits per heavy atom. The van der Waals surface area contributed by atoms with Crippen LogP contribution in [-0.2, 0) is 14.3 Å². The number of carbonyl (C=O) groups excluding carboxylic acids is 3. The summed E-state index contributed by atoms with van der Waals surface area (Å²) in [4.78, 5) is 43.2. The number of benzene rings is 2. The highest BCUT2D eigenvalue weighted by molar-refractivity contribution is 6.34. The first-order chi connectivity index (χ1) is 18.4. The van der Waals surface area contributed by atoms with Crippen molar-refractivity contribution in [3.05, 3.63) is 63.7 Å². The molecule has 7 nitrogen and oxygen atoms in total. The van der Waals surface area contributed by atoms with Gasteiger partial charge in [-0.1, -0.05) is 67.8 Å². The number of amides is 3. The first-order valence-corrected chi connectivity index (χ1v) is 14.2. The van der Waals surface area contributed by atoms with E-state index in [1.54, 1.807) is 31.7 Å². The van der Waals surface area contributed by atoms with Gasteiger partial charge < -0.3 is 20.3 Å². The van der Waals surface area contributed by atoms with Gasteiger partial charge in [-0.2, -0.15) is 0 Å². The Kier molecular flexibility index (Phi) is 10.8. The SMILES string of the molecule is CCC(C)C(NC(=O)OC(C)(C)C)C(=O)N(C(C(=O)Nc1c(C)cccc1Cl)c1ccc(C)cc1C)C(C)(C)C. The quantitative estimate of drug-likeness (QED) is 0.343. The lowest BCUT2D eigenvalue weighted by molar-refractivity contribution is -0.148. The lowest BCUT2D eigenvalue weighted by atomic mass is 9.90. The molecule has 40 heavy (non-hydrogen) atoms. The molecule has 220 valence electrons. The molecule has 0 saturated heterocycles. The molecule has 0 aliphatic rings. The van der Waals surface area contributed by atoms with Crippen LogP contribution in [0, 0.1) is 26.7 Å². The average molecular weight is 572 g/mol. The van der Waals surface area contributed by atoms with Crippen LogP contribution in [0.3, 0.4) is 0 Å². The molecule has 0 spiro atoms. The summed E-state index contributed by atoms with van der Waals surface area (Å²) in [7, 11) is 0. The molecule has 0 heterocycles. The zero-order chi connectivity index (χ0) is 30.6. The molecule has 0 saturated carbocycles. The van der Waals surface area contributed by atoms with E-state index in [0.29, 0.717) is 22.7 Å². The highest BCUT2D eigenvalue weighted by Crippen LogP contribution is 2.35. The summed E-state index contributed by atoms with van der Waals surface area (Å²) in [5.74, 6) is -0.992. The molecule has 0 radical (unpaired) electrons. The summed E-state index contributed by atoms with van der Waals surface area (Å²) in [5.41, 5.74) is 2.38. The smallest absolute Gasteiger partial charge is 0.408 e. The molecule has 0 bridgehead atoms. The maximum atomic E-state index is 14.5. The van der Waals surface area contributed by atoms with E-state index >= 15 is 0 Å². The first kappa shape index (κ1) is 33.1. The van der Waals surface area contributed by atoms with E-state index in [0.717, 1.165) is 16.7 Å². The van der Waals surface area contributed by atoms with Gasteiger partial charge in [0, 0.05) is 5.54 Å². The number of para-hydroxylation sites is 1. The first-order valence-electron chi connectivity index (χ1n) is 13.8. The maximum Gasteiger partial charge on any atom is 0.408 e. The molecule has 2 aromatic rings. The van der Waals surface area contributed by atoms with Gasteiger partial charge in [-0.05, 0) is 91.0 Å². The number of alkyl carbamates (subject to hydrolysis) is 1. The number of hydrogen-bond donors (Lipinski definition) is 2. The van der Waals surface area contributed by atoms with Gasteiger partial charge in [0.2, 0.25) is 5.91 Å². The van der Waals surface area contributed by atoms with Crippen LogP contribution in [-0.4, -0.2) is 40.0 Å². The number of rotatable bonds is 8. The average Bonchev–Trinajstić information content (AvgIpc) is 2.81. The Hall–Kier alpha value is -3.06. The second-order valence-corrected chi connectivity index (χ2v) is 13.0. The number of anilines is 1. The number of nitrogens with one attached hydrogen (secondary N) is 2. The van der Waals surface area contributed by atoms with Crippen molar-refractivity contribution in [2.75, 3.05) is 5.32 Å². The number of hydrogen-bond acceptors (Lipinski definition) is 4. The van der Waals surface area contributed by atoms with E-state index in [9.17, 15) is 14.4 Å². The van der Waals surface area contributed by atoms with Gasteiger partial charge in [0.25, 0.3) is 5.91 Å². The predicted octanol–water partition coefficient (Wildman–Crippen LogP) is 7.51. The van der Waals surface area contributed by atoms with Crippen LogP contribution in [0.1, 0.15) is 90.1 Å². The van der Waals surface area contributed by atoms with Gasteiger partial charge in [-0.3, -0.25) is 9.59 Å². The Labute approximate surface area is 245 Å². The van der Waals surface area contributed by atoms with Gasteiger partial charge >= 0.3 is 6.09 Å². The predicted molar refractivity (Wildman–Crippen MR) is 163 cm³/mol. The Bertz CT molecular complexity index is 1210. The van der Waals surface area contributed by atoms with Gasteiger partial charge in [0.05, 0.1) is 10.7 Å². The highest BCUT2D eigenvalue weighted by Gasteiger charge is 2.43. The van der Waals surface area contributed by atoms with Crippen molar-refractivity contribution >= 4 is 35.2 Å². The Balaban J connectivity index is 2.70. The zero-order valence-corrected chi connectivity index (χ0v) is 26.6. The van der Waals surface area contributed by atoms with Crippen molar-refractivity contribution in [1.29, 1.82) is 0 Å². The van der Waals surface area contributed by atoms with Crippen LogP contribution in [0.5, 0.6) is 0 Å². The van der Waals surface area contributed by atoms with Crippen LogP contribution < -0.4 is 10.6 Å². The van der Waals surface area contributed by atoms with Crippen LogP contribution in [0.25, 0.3) is 0 Å². The second kappa shape index (κ2) is 13.1. The molecule has 3 amide bonds. The number of carbonyl (C=O) groups is 3. The van der Waals surface area contributed by atoms with Crippen molar-refractivity contribution < 1.29 is 19.1 Å². The summed E-state index contributed by atoms with van der Waals surface area (Å²) < 4.78 is 5.49. The fraction of sp³-hybridized carbons (Fsp3) is 0.531. The van der Waals surface area contributed by atoms with E-state index in [-0.39, 0.29) is 11.8 Å². The largest absolute Gasteiger partial charge is 0.444 e. The minimum Gasteiger partial charge on any atom is -0.444 e. The molecule has 2 rings (SSSR count). The molecule has 0 aliphatic heterocycles. The van der Waals surface area contributed by atoms with Gasteiger partial charge in [0.15, 0.2) is 0 Å². The molecule has 0 fully saturated rings. The highest BCUT2D eigenvalue weighted by atomic mass is 35.5. The monoisotopic (exact) mass is 571 g/mol. The summed E-state index contributed by atoms with van der Waals surface area (Å²) in [6.07, 6.45) is -0.0529. The van der Waals surface area contributed by atoms with E-state index < -0.39 is 35.2 Å². The van der Waals surface area contributed by atoms with Crippen LogP contribution in [0.4, 0.5) is 10.5 Å². The minimum atomic E-state index is -1.00. The van der Waals surface area contributed by atoms with E-state index in [2.05, 4.69) is 10.6 Å². The molecule has 8 heteroatoms. The van der Waals surface area contributed by atoms with Crippen molar-refractivity contribution in [2.45, 2.75) is 106 Å². The normalized spacial score (nSPS) is 14.1. The molecule has 2 aromatic carbocycles. The van der Waals surface area contributed by atoms with E-state index in [1.807, 2.05) is 85.7 Å². The minimum absolute atomic E-state index is 0.224. The topological polar surface area (TPSA) is 87.7 Å². The van der Waals surface area contributed by atoms with Gasteiger partial charge in [0.1, 0.15) is 17.7 Å². The van der Waals surface area contributed by atoms with Crippen LogP contribution in [0.15, 0.2) is 36.4 Å². The van der Waals surface area contributed by atoms with E-state index in [1.165, 1.54) is 0 Å². The van der Waals surface area contributed by atoms with Crippen molar-refractivity contribution in [1.82, 2.24) is 10.2 Å². The third kappa shape index (κ3) is 8.47. The van der Waals surface area contributed by atoms with Crippen molar-refractivity contribution in [3.63, 3.8) is 0 Å². The molecule has 0 aromatic heterocycles. The molecule has 3 atom stereocenters. The molecule has 0 aliphatic carbocycles. The number of aryl methyl sites for hydroxylation is 3. The number of halogens is 1. The standard InChI is InChI=1S/C32H46ClN3O4/c1-12-20(3)26(35-30(39)40-32(9,10)11)29(38)36(31(6,7)8)27(23-17-16-19(2)18-22(23)5)28(37)34-25-21(4)14-13-15-24(25)33/h13-18,20,26-27H,12H2,1-11H3,(H,34,37)(H,35,39). The lowest BCUT2D eigenvalue weighted by Crippen LogP contribution is -2.59. The van der Waals surface area contributed by atoms with Crippen LogP contribution >= 0.6 is 11.6 Å². The second-order valence-electron chi connectivity index (χ2n) is 12.6. The maximum absolute atomic E-state index is 14.5.